The van der Waals surface area contributed by atoms with Crippen molar-refractivity contribution in [1.82, 2.24) is 9.78 Å². The topological polar surface area (TPSA) is 79.9 Å². The van der Waals surface area contributed by atoms with E-state index >= 15 is 0 Å². The van der Waals surface area contributed by atoms with Crippen molar-refractivity contribution >= 4 is 45.2 Å². The van der Waals surface area contributed by atoms with Gasteiger partial charge in [0.2, 0.25) is 0 Å². The Hall–Kier alpha value is -2.23. The number of halogens is 7. The zero-order valence-electron chi connectivity index (χ0n) is 17.6. The fourth-order valence-corrected chi connectivity index (χ4v) is 4.88. The summed E-state index contributed by atoms with van der Waals surface area (Å²) in [7, 11) is -8.88. The summed E-state index contributed by atoms with van der Waals surface area (Å²) in [5.74, 6) is -0.451. The van der Waals surface area contributed by atoms with Crippen LogP contribution in [-0.2, 0) is 14.9 Å². The number of ether oxygens (including phenoxy) is 1. The highest BCUT2D eigenvalue weighted by atomic mass is 35.5. The molecule has 1 heterocycles. The summed E-state index contributed by atoms with van der Waals surface area (Å²) in [6.45, 7) is 4.06. The molecule has 1 aromatic heterocycles. The van der Waals surface area contributed by atoms with Crippen LogP contribution in [0.3, 0.4) is 0 Å². The van der Waals surface area contributed by atoms with Gasteiger partial charge in [-0.2, -0.15) is 10.4 Å². The number of hydrogen-bond donors (Lipinski definition) is 1. The van der Waals surface area contributed by atoms with Gasteiger partial charge >= 0.3 is 16.2 Å². The Kier molecular flexibility index (Phi) is 5.68. The number of benzene rings is 1. The average molecular weight is 533 g/mol. The molecule has 0 atom stereocenters. The number of nitriles is 1. The number of aromatic nitrogens is 2. The number of esters is 1. The number of nitrogens with zero attached hydrogens (tertiary/aromatic N) is 3. The van der Waals surface area contributed by atoms with E-state index in [9.17, 15) is 29.5 Å². The molecule has 0 spiro atoms. The highest BCUT2D eigenvalue weighted by molar-refractivity contribution is 8.45. The minimum atomic E-state index is -10.1. The van der Waals surface area contributed by atoms with Crippen molar-refractivity contribution in [2.45, 2.75) is 37.0 Å². The zero-order chi connectivity index (χ0) is 25.0. The van der Waals surface area contributed by atoms with Gasteiger partial charge < -0.3 is 10.1 Å². The Morgan fingerprint density at radius 2 is 1.82 bits per heavy atom. The molecule has 182 valence electrons. The van der Waals surface area contributed by atoms with Gasteiger partial charge in [0.1, 0.15) is 22.5 Å². The van der Waals surface area contributed by atoms with Gasteiger partial charge in [0.05, 0.1) is 28.1 Å². The van der Waals surface area contributed by atoms with Crippen LogP contribution in [0.15, 0.2) is 17.0 Å². The van der Waals surface area contributed by atoms with E-state index in [1.165, 1.54) is 7.11 Å². The molecule has 0 radical (unpaired) electrons. The summed E-state index contributed by atoms with van der Waals surface area (Å²) >= 11 is 12.0. The predicted molar refractivity (Wildman–Crippen MR) is 116 cm³/mol. The first kappa shape index (κ1) is 25.4. The third-order valence-electron chi connectivity index (χ3n) is 5.12. The molecule has 1 aliphatic rings. The maximum Gasteiger partial charge on any atom is 0.316 e. The van der Waals surface area contributed by atoms with Crippen molar-refractivity contribution < 1.29 is 29.0 Å². The molecule has 2 aromatic rings. The molecule has 0 aliphatic heterocycles. The van der Waals surface area contributed by atoms with E-state index in [1.807, 2.05) is 19.9 Å². The summed E-state index contributed by atoms with van der Waals surface area (Å²) < 4.78 is 72.3. The molecule has 0 unspecified atom stereocenters. The lowest BCUT2D eigenvalue weighted by atomic mass is 9.95. The number of hydrogen-bond acceptors (Lipinski definition) is 5. The van der Waals surface area contributed by atoms with E-state index in [4.69, 9.17) is 27.9 Å². The van der Waals surface area contributed by atoms with E-state index in [2.05, 4.69) is 10.4 Å². The molecule has 14 heteroatoms. The molecule has 0 amide bonds. The first-order chi connectivity index (χ1) is 14.9. The summed E-state index contributed by atoms with van der Waals surface area (Å²) in [6, 6.07) is 2.00. The SMILES string of the molecule is COC(=O)C1(c2c(C#N)nn(-c3c(Cl)cc(S(F)(F)(F)(F)F)cc3Cl)c2NCC(C)C)CC1. The number of anilines is 1. The van der Waals surface area contributed by atoms with Crippen molar-refractivity contribution in [2.24, 2.45) is 5.92 Å². The van der Waals surface area contributed by atoms with Gasteiger partial charge in [-0.3, -0.25) is 4.79 Å². The van der Waals surface area contributed by atoms with Crippen molar-refractivity contribution in [3.05, 3.63) is 33.4 Å². The van der Waals surface area contributed by atoms with E-state index < -0.39 is 36.5 Å². The van der Waals surface area contributed by atoms with Crippen molar-refractivity contribution in [2.75, 3.05) is 19.0 Å². The lowest BCUT2D eigenvalue weighted by Gasteiger charge is -2.40. The predicted octanol–water partition coefficient (Wildman–Crippen LogP) is 6.98. The van der Waals surface area contributed by atoms with Crippen LogP contribution in [0.2, 0.25) is 10.0 Å². The second-order valence-electron chi connectivity index (χ2n) is 8.15. The molecular weight excluding hydrogens is 514 g/mol. The first-order valence-electron chi connectivity index (χ1n) is 9.54. The Morgan fingerprint density at radius 1 is 1.27 bits per heavy atom. The monoisotopic (exact) mass is 532 g/mol. The molecule has 33 heavy (non-hydrogen) atoms. The zero-order valence-corrected chi connectivity index (χ0v) is 19.9. The quantitative estimate of drug-likeness (QED) is 0.307. The second-order valence-corrected chi connectivity index (χ2v) is 11.4. The Balaban J connectivity index is 2.31. The maximum atomic E-state index is 13.3. The van der Waals surface area contributed by atoms with Crippen molar-refractivity contribution in [1.29, 1.82) is 5.26 Å². The largest absolute Gasteiger partial charge is 0.468 e. The molecule has 6 nitrogen and oxygen atoms in total. The maximum absolute atomic E-state index is 13.3. The Bertz CT molecular complexity index is 1170. The van der Waals surface area contributed by atoms with Gasteiger partial charge in [-0.1, -0.05) is 56.5 Å². The lowest BCUT2D eigenvalue weighted by molar-refractivity contribution is -0.143. The third-order valence-corrected chi connectivity index (χ3v) is 6.82. The van der Waals surface area contributed by atoms with Crippen LogP contribution in [0.4, 0.5) is 25.2 Å². The van der Waals surface area contributed by atoms with Gasteiger partial charge in [-0.05, 0) is 30.9 Å². The smallest absolute Gasteiger partial charge is 0.316 e. The lowest BCUT2D eigenvalue weighted by Crippen LogP contribution is -2.24. The molecule has 0 saturated heterocycles. The molecule has 1 saturated carbocycles. The summed E-state index contributed by atoms with van der Waals surface area (Å²) in [6.07, 6.45) is 0.696. The van der Waals surface area contributed by atoms with Crippen LogP contribution < -0.4 is 5.32 Å². The molecular formula is C19H19Cl2F5N4O2S. The fourth-order valence-electron chi connectivity index (χ4n) is 3.42. The summed E-state index contributed by atoms with van der Waals surface area (Å²) in [5, 5.41) is 15.3. The fraction of sp³-hybridized carbons (Fsp3) is 0.421. The van der Waals surface area contributed by atoms with Gasteiger partial charge in [-0.15, -0.1) is 0 Å². The second kappa shape index (κ2) is 7.38. The Morgan fingerprint density at radius 3 is 2.21 bits per heavy atom. The van der Waals surface area contributed by atoms with Crippen molar-refractivity contribution in [3.63, 3.8) is 0 Å². The van der Waals surface area contributed by atoms with Crippen LogP contribution in [0, 0.1) is 17.2 Å². The molecule has 1 aliphatic carbocycles. The van der Waals surface area contributed by atoms with Crippen LogP contribution in [0.25, 0.3) is 5.69 Å². The molecule has 1 aromatic carbocycles. The number of rotatable bonds is 7. The Labute approximate surface area is 196 Å². The molecule has 3 rings (SSSR count). The van der Waals surface area contributed by atoms with E-state index in [0.29, 0.717) is 19.4 Å². The van der Waals surface area contributed by atoms with Gasteiger partial charge in [0, 0.05) is 6.54 Å². The molecule has 1 fully saturated rings. The van der Waals surface area contributed by atoms with E-state index in [-0.39, 0.29) is 40.8 Å². The minimum Gasteiger partial charge on any atom is -0.468 e. The van der Waals surface area contributed by atoms with Gasteiger partial charge in [0.15, 0.2) is 5.69 Å². The number of nitrogens with one attached hydrogen (secondary N) is 1. The van der Waals surface area contributed by atoms with Crippen LogP contribution >= 0.6 is 33.4 Å². The minimum absolute atomic E-state index is 0.0666. The number of methoxy groups -OCH3 is 1. The number of carbonyl (C=O) groups is 1. The molecule has 0 bridgehead atoms. The first-order valence-corrected chi connectivity index (χ1v) is 12.3. The average Bonchev–Trinajstić information content (AvgIpc) is 3.39. The van der Waals surface area contributed by atoms with Gasteiger partial charge in [0.25, 0.3) is 0 Å². The summed E-state index contributed by atoms with van der Waals surface area (Å²) in [4.78, 5) is 10.2. The van der Waals surface area contributed by atoms with Crippen LogP contribution in [0.1, 0.15) is 37.9 Å². The van der Waals surface area contributed by atoms with E-state index in [0.717, 1.165) is 4.68 Å². The van der Waals surface area contributed by atoms with Crippen LogP contribution in [0.5, 0.6) is 0 Å². The molecule has 1 N–H and O–H groups in total. The highest BCUT2D eigenvalue weighted by Gasteiger charge is 2.65. The standard InChI is InChI=1S/C19H19Cl2F5N4O2S/c1-10(2)9-28-17-15(19(4-5-19)18(31)32-3)14(8-27)29-30(17)16-12(20)6-11(7-13(16)21)33(22,23,24,25)26/h6-7,10,28H,4-5,9H2,1-3H3. The number of carbonyl (C=O) groups excluding carboxylic acids is 1. The highest BCUT2D eigenvalue weighted by Crippen LogP contribution is 3.02. The third kappa shape index (κ3) is 4.72. The normalized spacial score (nSPS) is 17.2. The van der Waals surface area contributed by atoms with Gasteiger partial charge in [-0.25, -0.2) is 4.68 Å². The van der Waals surface area contributed by atoms with E-state index in [1.54, 1.807) is 0 Å². The van der Waals surface area contributed by atoms with Crippen LogP contribution in [-0.4, -0.2) is 29.4 Å². The van der Waals surface area contributed by atoms with Crippen molar-refractivity contribution in [3.8, 4) is 11.8 Å². The summed E-state index contributed by atoms with van der Waals surface area (Å²) in [5.41, 5.74) is -1.55.